The molecule has 0 radical (unpaired) electrons. The van der Waals surface area contributed by atoms with Crippen LogP contribution in [0.3, 0.4) is 0 Å². The number of amides is 2. The van der Waals surface area contributed by atoms with Crippen molar-refractivity contribution in [3.63, 3.8) is 0 Å². The van der Waals surface area contributed by atoms with E-state index in [2.05, 4.69) is 5.32 Å². The third-order valence-electron chi connectivity index (χ3n) is 7.61. The highest BCUT2D eigenvalue weighted by Crippen LogP contribution is 2.30. The summed E-state index contributed by atoms with van der Waals surface area (Å²) in [5.74, 6) is -1.19. The second-order valence-electron chi connectivity index (χ2n) is 11.0. The molecule has 0 aliphatic heterocycles. The number of rotatable bonds is 16. The number of hydrogen-bond donors (Lipinski definition) is 1. The molecule has 254 valence electrons. The summed E-state index contributed by atoms with van der Waals surface area (Å²) in [5, 5.41) is 3.51. The Labute approximate surface area is 291 Å². The van der Waals surface area contributed by atoms with Crippen LogP contribution in [0.5, 0.6) is 5.75 Å². The summed E-state index contributed by atoms with van der Waals surface area (Å²) in [6, 6.07) is 23.7. The van der Waals surface area contributed by atoms with Crippen LogP contribution in [0.4, 0.5) is 10.1 Å². The van der Waals surface area contributed by atoms with E-state index in [0.717, 1.165) is 47.0 Å². The zero-order chi connectivity index (χ0) is 34.7. The number of nitrogens with one attached hydrogen (secondary N) is 1. The second-order valence-corrected chi connectivity index (χ2v) is 13.6. The zero-order valence-corrected chi connectivity index (χ0v) is 29.1. The molecule has 0 saturated carbocycles. The number of halogens is 3. The predicted octanol–water partition coefficient (Wildman–Crippen LogP) is 7.28. The summed E-state index contributed by atoms with van der Waals surface area (Å²) in [6.45, 7) is 3.75. The maximum absolute atomic E-state index is 14.6. The fourth-order valence-electron chi connectivity index (χ4n) is 5.05. The molecule has 1 unspecified atom stereocenters. The third kappa shape index (κ3) is 9.49. The number of anilines is 1. The summed E-state index contributed by atoms with van der Waals surface area (Å²) >= 11 is 13.1. The topological polar surface area (TPSA) is 96.0 Å². The maximum atomic E-state index is 14.6. The van der Waals surface area contributed by atoms with Crippen LogP contribution >= 0.6 is 23.2 Å². The molecular formula is C36H38Cl2FN3O5S. The first-order valence-electron chi connectivity index (χ1n) is 15.6. The number of sulfonamides is 1. The fraction of sp³-hybridized carbons (Fsp3) is 0.278. The largest absolute Gasteiger partial charge is 0.494 e. The minimum absolute atomic E-state index is 0.139. The Hall–Kier alpha value is -4.12. The average molecular weight is 715 g/mol. The maximum Gasteiger partial charge on any atom is 0.264 e. The molecule has 0 heterocycles. The third-order valence-corrected chi connectivity index (χ3v) is 10.1. The number of unbranched alkanes of at least 4 members (excludes halogenated alkanes) is 1. The van der Waals surface area contributed by atoms with Gasteiger partial charge in [0, 0.05) is 35.1 Å². The molecule has 0 spiro atoms. The number of benzene rings is 4. The van der Waals surface area contributed by atoms with E-state index in [9.17, 15) is 22.4 Å². The van der Waals surface area contributed by atoms with Crippen LogP contribution in [0.2, 0.25) is 10.0 Å². The smallest absolute Gasteiger partial charge is 0.264 e. The van der Waals surface area contributed by atoms with E-state index in [-0.39, 0.29) is 33.6 Å². The molecule has 48 heavy (non-hydrogen) atoms. The summed E-state index contributed by atoms with van der Waals surface area (Å²) in [4.78, 5) is 29.6. The molecule has 2 amide bonds. The SMILES string of the molecule is CCCCNC(=O)C(Cc1ccccc1)N(Cc1c(Cl)cccc1Cl)C(=O)CN(c1ccc(OCC)cc1)S(=O)(=O)c1ccc(F)cc1. The van der Waals surface area contributed by atoms with Gasteiger partial charge in [-0.25, -0.2) is 12.8 Å². The van der Waals surface area contributed by atoms with Crippen LogP contribution in [0.25, 0.3) is 0 Å². The lowest BCUT2D eigenvalue weighted by molar-refractivity contribution is -0.140. The normalized spacial score (nSPS) is 11.9. The zero-order valence-electron chi connectivity index (χ0n) is 26.7. The highest BCUT2D eigenvalue weighted by Gasteiger charge is 2.35. The van der Waals surface area contributed by atoms with E-state index in [4.69, 9.17) is 27.9 Å². The molecule has 4 aromatic rings. The van der Waals surface area contributed by atoms with Crippen molar-refractivity contribution in [2.45, 2.75) is 50.6 Å². The highest BCUT2D eigenvalue weighted by molar-refractivity contribution is 7.92. The van der Waals surface area contributed by atoms with Crippen molar-refractivity contribution in [1.29, 1.82) is 0 Å². The van der Waals surface area contributed by atoms with Crippen LogP contribution in [0, 0.1) is 5.82 Å². The molecule has 8 nitrogen and oxygen atoms in total. The lowest BCUT2D eigenvalue weighted by Crippen LogP contribution is -2.53. The Morgan fingerprint density at radius 1 is 0.875 bits per heavy atom. The summed E-state index contributed by atoms with van der Waals surface area (Å²) in [6.07, 6.45) is 1.72. The molecule has 0 aliphatic rings. The molecule has 12 heteroatoms. The van der Waals surface area contributed by atoms with E-state index < -0.39 is 40.2 Å². The lowest BCUT2D eigenvalue weighted by atomic mass is 10.0. The van der Waals surface area contributed by atoms with Crippen LogP contribution in [0.1, 0.15) is 37.8 Å². The van der Waals surface area contributed by atoms with E-state index in [0.29, 0.717) is 24.5 Å². The Morgan fingerprint density at radius 2 is 1.52 bits per heavy atom. The Morgan fingerprint density at radius 3 is 2.12 bits per heavy atom. The van der Waals surface area contributed by atoms with Crippen molar-refractivity contribution < 1.29 is 27.1 Å². The number of carbonyl (C=O) groups excluding carboxylic acids is 2. The van der Waals surface area contributed by atoms with Crippen molar-refractivity contribution in [3.05, 3.63) is 124 Å². The van der Waals surface area contributed by atoms with Gasteiger partial charge in [0.25, 0.3) is 10.0 Å². The molecule has 4 aromatic carbocycles. The summed E-state index contributed by atoms with van der Waals surface area (Å²) in [7, 11) is -4.41. The van der Waals surface area contributed by atoms with Crippen molar-refractivity contribution in [1.82, 2.24) is 10.2 Å². The average Bonchev–Trinajstić information content (AvgIpc) is 3.07. The van der Waals surface area contributed by atoms with Gasteiger partial charge in [0.2, 0.25) is 11.8 Å². The molecule has 1 atom stereocenters. The first-order valence-corrected chi connectivity index (χ1v) is 17.8. The number of ether oxygens (including phenoxy) is 1. The van der Waals surface area contributed by atoms with Crippen molar-refractivity contribution >= 4 is 50.7 Å². The lowest BCUT2D eigenvalue weighted by Gasteiger charge is -2.34. The summed E-state index contributed by atoms with van der Waals surface area (Å²) < 4.78 is 48.5. The van der Waals surface area contributed by atoms with E-state index in [1.165, 1.54) is 17.0 Å². The number of hydrogen-bond acceptors (Lipinski definition) is 5. The standard InChI is InChI=1S/C36H38Cl2FN3O5S/c1-3-5-22-40-36(44)34(23-26-10-7-6-8-11-26)41(24-31-32(37)12-9-13-33(31)38)35(43)25-42(28-16-18-29(19-17-28)47-4-2)48(45,46)30-20-14-27(39)15-21-30/h6-21,34H,3-5,22-25H2,1-2H3,(H,40,44). The predicted molar refractivity (Wildman–Crippen MR) is 187 cm³/mol. The van der Waals surface area contributed by atoms with Crippen molar-refractivity contribution in [3.8, 4) is 5.75 Å². The molecule has 4 rings (SSSR count). The second kappa shape index (κ2) is 17.3. The van der Waals surface area contributed by atoms with Gasteiger partial charge < -0.3 is 15.0 Å². The van der Waals surface area contributed by atoms with Gasteiger partial charge in [0.1, 0.15) is 24.2 Å². The van der Waals surface area contributed by atoms with Crippen LogP contribution in [-0.4, -0.2) is 50.9 Å². The summed E-state index contributed by atoms with van der Waals surface area (Å²) in [5.41, 5.74) is 1.36. The quantitative estimate of drug-likeness (QED) is 0.123. The van der Waals surface area contributed by atoms with Crippen molar-refractivity contribution in [2.75, 3.05) is 24.0 Å². The van der Waals surface area contributed by atoms with Gasteiger partial charge in [-0.2, -0.15) is 0 Å². The van der Waals surface area contributed by atoms with Gasteiger partial charge in [0.15, 0.2) is 0 Å². The highest BCUT2D eigenvalue weighted by atomic mass is 35.5. The van der Waals surface area contributed by atoms with Crippen LogP contribution in [0.15, 0.2) is 102 Å². The molecule has 0 aromatic heterocycles. The number of carbonyl (C=O) groups is 2. The monoisotopic (exact) mass is 713 g/mol. The molecule has 0 saturated heterocycles. The molecular weight excluding hydrogens is 676 g/mol. The fourth-order valence-corrected chi connectivity index (χ4v) is 6.98. The number of nitrogens with zero attached hydrogens (tertiary/aromatic N) is 2. The van der Waals surface area contributed by atoms with E-state index in [1.54, 1.807) is 30.3 Å². The van der Waals surface area contributed by atoms with Gasteiger partial charge in [-0.05, 0) is 79.6 Å². The Kier molecular flexibility index (Phi) is 13.3. The first kappa shape index (κ1) is 36.7. The van der Waals surface area contributed by atoms with Crippen LogP contribution in [-0.2, 0) is 32.6 Å². The van der Waals surface area contributed by atoms with Gasteiger partial charge in [-0.3, -0.25) is 13.9 Å². The Balaban J connectivity index is 1.82. The molecule has 0 aliphatic carbocycles. The van der Waals surface area contributed by atoms with Crippen LogP contribution < -0.4 is 14.4 Å². The van der Waals surface area contributed by atoms with E-state index >= 15 is 0 Å². The van der Waals surface area contributed by atoms with E-state index in [1.807, 2.05) is 44.2 Å². The van der Waals surface area contributed by atoms with Crippen molar-refractivity contribution in [2.24, 2.45) is 0 Å². The minimum Gasteiger partial charge on any atom is -0.494 e. The first-order chi connectivity index (χ1) is 23.0. The van der Waals surface area contributed by atoms with Gasteiger partial charge in [-0.15, -0.1) is 0 Å². The van der Waals surface area contributed by atoms with Gasteiger partial charge in [-0.1, -0.05) is 72.9 Å². The minimum atomic E-state index is -4.41. The van der Waals surface area contributed by atoms with Gasteiger partial charge in [0.05, 0.1) is 17.2 Å². The molecule has 0 bridgehead atoms. The van der Waals surface area contributed by atoms with Gasteiger partial charge >= 0.3 is 0 Å². The Bertz CT molecular complexity index is 1760. The molecule has 1 N–H and O–H groups in total. The molecule has 0 fully saturated rings.